The second kappa shape index (κ2) is 7.21. The van der Waals surface area contributed by atoms with Crippen LogP contribution in [0.5, 0.6) is 0 Å². The van der Waals surface area contributed by atoms with Crippen LogP contribution >= 0.6 is 11.8 Å². The Bertz CT molecular complexity index is 860. The van der Waals surface area contributed by atoms with Crippen molar-refractivity contribution in [2.24, 2.45) is 5.73 Å². The molecule has 0 amide bonds. The average Bonchev–Trinajstić information content (AvgIpc) is 3.32. The van der Waals surface area contributed by atoms with E-state index in [1.807, 2.05) is 30.3 Å². The minimum atomic E-state index is -0.483. The largest absolute Gasteiger partial charge is 0.338 e. The summed E-state index contributed by atoms with van der Waals surface area (Å²) in [6, 6.07) is 16.4. The molecule has 4 nitrogen and oxygen atoms in total. The maximum Gasteiger partial charge on any atom is 0.244 e. The van der Waals surface area contributed by atoms with E-state index in [-0.39, 0.29) is 11.1 Å². The number of hydrogen-bond acceptors (Lipinski definition) is 5. The monoisotopic (exact) mass is 369 g/mol. The van der Waals surface area contributed by atoms with Gasteiger partial charge in [-0.2, -0.15) is 4.98 Å². The van der Waals surface area contributed by atoms with Crippen molar-refractivity contribution in [2.75, 3.05) is 0 Å². The third kappa shape index (κ3) is 3.52. The lowest BCUT2D eigenvalue weighted by Gasteiger charge is -2.18. The summed E-state index contributed by atoms with van der Waals surface area (Å²) >= 11 is 1.55. The van der Waals surface area contributed by atoms with Crippen LogP contribution in [-0.2, 0) is 5.54 Å². The minimum absolute atomic E-state index is 0.173. The van der Waals surface area contributed by atoms with Gasteiger partial charge in [-0.05, 0) is 42.7 Å². The topological polar surface area (TPSA) is 64.9 Å². The first-order valence-electron chi connectivity index (χ1n) is 8.74. The molecular formula is C20H20FN3OS. The van der Waals surface area contributed by atoms with Gasteiger partial charge in [0.1, 0.15) is 11.1 Å². The summed E-state index contributed by atoms with van der Waals surface area (Å²) in [5.74, 6) is 0.861. The van der Waals surface area contributed by atoms with Crippen LogP contribution in [0.2, 0.25) is 0 Å². The van der Waals surface area contributed by atoms with E-state index in [9.17, 15) is 4.39 Å². The van der Waals surface area contributed by atoms with E-state index in [2.05, 4.69) is 10.1 Å². The predicted octanol–water partition coefficient (Wildman–Crippen LogP) is 4.82. The van der Waals surface area contributed by atoms with Crippen LogP contribution in [-0.4, -0.2) is 10.1 Å². The lowest BCUT2D eigenvalue weighted by atomic mass is 9.99. The standard InChI is InChI=1S/C20H20FN3OS/c21-15-8-10-16(11-9-15)26-17(14-6-2-1-3-7-14)18-23-19(24-25-18)20(22)12-4-5-13-20/h1-3,6-11,17H,4-5,12-13,22H2. The van der Waals surface area contributed by atoms with Crippen molar-refractivity contribution < 1.29 is 8.91 Å². The first kappa shape index (κ1) is 17.2. The first-order valence-corrected chi connectivity index (χ1v) is 9.62. The highest BCUT2D eigenvalue weighted by atomic mass is 32.2. The molecule has 1 heterocycles. The maximum absolute atomic E-state index is 13.2. The van der Waals surface area contributed by atoms with Crippen LogP contribution in [0.3, 0.4) is 0 Å². The van der Waals surface area contributed by atoms with Gasteiger partial charge < -0.3 is 10.3 Å². The van der Waals surface area contributed by atoms with Crippen molar-refractivity contribution in [2.45, 2.75) is 41.4 Å². The van der Waals surface area contributed by atoms with E-state index in [1.54, 1.807) is 23.9 Å². The van der Waals surface area contributed by atoms with E-state index < -0.39 is 5.54 Å². The van der Waals surface area contributed by atoms with Gasteiger partial charge in [0.25, 0.3) is 0 Å². The molecule has 6 heteroatoms. The lowest BCUT2D eigenvalue weighted by molar-refractivity contribution is 0.351. The summed E-state index contributed by atoms with van der Waals surface area (Å²) in [6.07, 6.45) is 3.94. The third-order valence-corrected chi connectivity index (χ3v) is 6.03. The molecule has 0 aliphatic heterocycles. The fraction of sp³-hybridized carbons (Fsp3) is 0.300. The first-order chi connectivity index (χ1) is 12.6. The Balaban J connectivity index is 1.67. The molecular weight excluding hydrogens is 349 g/mol. The summed E-state index contributed by atoms with van der Waals surface area (Å²) in [4.78, 5) is 5.59. The molecule has 1 saturated carbocycles. The van der Waals surface area contributed by atoms with Gasteiger partial charge in [-0.25, -0.2) is 4.39 Å². The summed E-state index contributed by atoms with van der Waals surface area (Å²) in [5.41, 5.74) is 7.04. The summed E-state index contributed by atoms with van der Waals surface area (Å²) in [7, 11) is 0. The molecule has 1 unspecified atom stereocenters. The van der Waals surface area contributed by atoms with Crippen molar-refractivity contribution in [3.8, 4) is 0 Å². The number of aromatic nitrogens is 2. The Labute approximate surface area is 156 Å². The van der Waals surface area contributed by atoms with Gasteiger partial charge in [0.05, 0.1) is 5.54 Å². The molecule has 26 heavy (non-hydrogen) atoms. The van der Waals surface area contributed by atoms with E-state index in [0.29, 0.717) is 11.7 Å². The molecule has 1 aliphatic carbocycles. The summed E-state index contributed by atoms with van der Waals surface area (Å²) in [6.45, 7) is 0. The van der Waals surface area contributed by atoms with Gasteiger partial charge in [0.15, 0.2) is 5.82 Å². The summed E-state index contributed by atoms with van der Waals surface area (Å²) < 4.78 is 18.8. The fourth-order valence-corrected chi connectivity index (χ4v) is 4.37. The summed E-state index contributed by atoms with van der Waals surface area (Å²) in [5, 5.41) is 4.01. The molecule has 0 saturated heterocycles. The van der Waals surface area contributed by atoms with Crippen molar-refractivity contribution in [3.63, 3.8) is 0 Å². The van der Waals surface area contributed by atoms with Gasteiger partial charge in [-0.1, -0.05) is 48.3 Å². The molecule has 1 aromatic heterocycles. The SMILES string of the molecule is NC1(c2noc(C(Sc3ccc(F)cc3)c3ccccc3)n2)CCCC1. The zero-order valence-electron chi connectivity index (χ0n) is 14.3. The molecule has 2 aromatic carbocycles. The normalized spacial score (nSPS) is 17.3. The highest BCUT2D eigenvalue weighted by Gasteiger charge is 2.37. The Morgan fingerprint density at radius 2 is 1.73 bits per heavy atom. The van der Waals surface area contributed by atoms with E-state index in [4.69, 9.17) is 10.3 Å². The molecule has 2 N–H and O–H groups in total. The number of benzene rings is 2. The smallest absolute Gasteiger partial charge is 0.244 e. The molecule has 0 radical (unpaired) electrons. The Kier molecular flexibility index (Phi) is 4.78. The van der Waals surface area contributed by atoms with E-state index in [0.717, 1.165) is 36.1 Å². The number of nitrogens with two attached hydrogens (primary N) is 1. The van der Waals surface area contributed by atoms with Gasteiger partial charge in [0, 0.05) is 4.90 Å². The fourth-order valence-electron chi connectivity index (χ4n) is 3.31. The van der Waals surface area contributed by atoms with Gasteiger partial charge in [0.2, 0.25) is 5.89 Å². The number of nitrogens with zero attached hydrogens (tertiary/aromatic N) is 2. The molecule has 4 rings (SSSR count). The maximum atomic E-state index is 13.2. The molecule has 0 spiro atoms. The van der Waals surface area contributed by atoms with Crippen molar-refractivity contribution in [1.29, 1.82) is 0 Å². The van der Waals surface area contributed by atoms with Crippen molar-refractivity contribution >= 4 is 11.8 Å². The Morgan fingerprint density at radius 1 is 1.04 bits per heavy atom. The molecule has 1 aliphatic rings. The van der Waals surface area contributed by atoms with Crippen LogP contribution in [0, 0.1) is 5.82 Å². The number of halogens is 1. The molecule has 3 aromatic rings. The average molecular weight is 369 g/mol. The number of thioether (sulfide) groups is 1. The zero-order chi connectivity index (χ0) is 18.0. The second-order valence-electron chi connectivity index (χ2n) is 6.68. The second-order valence-corrected chi connectivity index (χ2v) is 7.86. The molecule has 1 atom stereocenters. The molecule has 134 valence electrons. The van der Waals surface area contributed by atoms with Crippen LogP contribution in [0.4, 0.5) is 4.39 Å². The Morgan fingerprint density at radius 3 is 2.42 bits per heavy atom. The van der Waals surface area contributed by atoms with Crippen molar-refractivity contribution in [3.05, 3.63) is 77.7 Å². The van der Waals surface area contributed by atoms with Crippen LogP contribution in [0.15, 0.2) is 64.0 Å². The van der Waals surface area contributed by atoms with Crippen molar-refractivity contribution in [1.82, 2.24) is 10.1 Å². The lowest BCUT2D eigenvalue weighted by Crippen LogP contribution is -2.34. The molecule has 0 bridgehead atoms. The van der Waals surface area contributed by atoms with Crippen LogP contribution in [0.1, 0.15) is 48.2 Å². The number of hydrogen-bond donors (Lipinski definition) is 1. The molecule has 1 fully saturated rings. The zero-order valence-corrected chi connectivity index (χ0v) is 15.1. The van der Waals surface area contributed by atoms with Gasteiger partial charge in [-0.3, -0.25) is 0 Å². The van der Waals surface area contributed by atoms with Gasteiger partial charge >= 0.3 is 0 Å². The highest BCUT2D eigenvalue weighted by molar-refractivity contribution is 7.99. The highest BCUT2D eigenvalue weighted by Crippen LogP contribution is 2.41. The van der Waals surface area contributed by atoms with Crippen LogP contribution < -0.4 is 5.73 Å². The predicted molar refractivity (Wildman–Crippen MR) is 99.2 cm³/mol. The minimum Gasteiger partial charge on any atom is -0.338 e. The quantitative estimate of drug-likeness (QED) is 0.653. The van der Waals surface area contributed by atoms with Crippen LogP contribution in [0.25, 0.3) is 0 Å². The number of rotatable bonds is 5. The van der Waals surface area contributed by atoms with E-state index in [1.165, 1.54) is 12.1 Å². The van der Waals surface area contributed by atoms with E-state index >= 15 is 0 Å². The van der Waals surface area contributed by atoms with Gasteiger partial charge in [-0.15, -0.1) is 11.8 Å². The third-order valence-electron chi connectivity index (χ3n) is 4.78. The Hall–Kier alpha value is -2.18.